The summed E-state index contributed by atoms with van der Waals surface area (Å²) in [6.07, 6.45) is 2.38. The fourth-order valence-electron chi connectivity index (χ4n) is 3.67. The number of aromatic nitrogens is 2. The summed E-state index contributed by atoms with van der Waals surface area (Å²) in [5.41, 5.74) is 1.28. The summed E-state index contributed by atoms with van der Waals surface area (Å²) in [4.78, 5) is 32.2. The Balaban J connectivity index is 1.97. The van der Waals surface area contributed by atoms with Crippen molar-refractivity contribution < 1.29 is 9.53 Å². The summed E-state index contributed by atoms with van der Waals surface area (Å²) < 4.78 is 5.90. The maximum Gasteiger partial charge on any atom is 0.258 e. The van der Waals surface area contributed by atoms with Crippen LogP contribution in [0, 0.1) is 5.41 Å². The number of Topliss-reactive ketones (excluding diaryl/α,β-unsaturated/α-hetero) is 1. The highest BCUT2D eigenvalue weighted by Crippen LogP contribution is 2.48. The molecular weight excluding hydrogens is 340 g/mol. The Hall–Kier alpha value is -2.40. The molecule has 6 heteroatoms. The summed E-state index contributed by atoms with van der Waals surface area (Å²) in [5, 5.41) is 0.599. The predicted molar refractivity (Wildman–Crippen MR) is 93.8 cm³/mol. The van der Waals surface area contributed by atoms with Gasteiger partial charge in [0.2, 0.25) is 5.88 Å². The summed E-state index contributed by atoms with van der Waals surface area (Å²) in [5.74, 6) is 0.414. The van der Waals surface area contributed by atoms with Crippen LogP contribution in [0.5, 0.6) is 5.88 Å². The van der Waals surface area contributed by atoms with Gasteiger partial charge in [-0.25, -0.2) is 4.98 Å². The number of carbonyl (C=O) groups is 1. The van der Waals surface area contributed by atoms with Gasteiger partial charge in [-0.15, -0.1) is 0 Å². The lowest BCUT2D eigenvalue weighted by Gasteiger charge is -2.37. The van der Waals surface area contributed by atoms with Crippen LogP contribution in [0.3, 0.4) is 0 Å². The Bertz CT molecular complexity index is 957. The standard InChI is InChI=1S/C19H17ClN2O3/c1-19(2)7-12(23)15-13(8-19)25-18-16(17(24)21-9-22-18)14(15)10-3-5-11(20)6-4-10/h3-6,9,14H,7-8H2,1-2H3,(H,21,22,24). The van der Waals surface area contributed by atoms with Crippen molar-refractivity contribution in [1.29, 1.82) is 0 Å². The van der Waals surface area contributed by atoms with Crippen LogP contribution in [-0.4, -0.2) is 15.8 Å². The number of H-pyrrole nitrogens is 1. The van der Waals surface area contributed by atoms with Gasteiger partial charge in [-0.2, -0.15) is 0 Å². The number of carbonyl (C=O) groups excluding carboxylic acids is 1. The van der Waals surface area contributed by atoms with Crippen molar-refractivity contribution in [2.75, 3.05) is 0 Å². The van der Waals surface area contributed by atoms with Gasteiger partial charge >= 0.3 is 0 Å². The predicted octanol–water partition coefficient (Wildman–Crippen LogP) is 3.59. The largest absolute Gasteiger partial charge is 0.442 e. The number of fused-ring (bicyclic) bond motifs is 1. The van der Waals surface area contributed by atoms with Crippen LogP contribution in [0.1, 0.15) is 43.7 Å². The van der Waals surface area contributed by atoms with E-state index in [1.807, 2.05) is 26.0 Å². The van der Waals surface area contributed by atoms with E-state index in [0.29, 0.717) is 34.8 Å². The molecular formula is C19H17ClN2O3. The maximum absolute atomic E-state index is 12.9. The van der Waals surface area contributed by atoms with Crippen LogP contribution in [0.15, 0.2) is 46.7 Å². The van der Waals surface area contributed by atoms with Crippen LogP contribution < -0.4 is 10.3 Å². The first kappa shape index (κ1) is 16.1. The highest BCUT2D eigenvalue weighted by atomic mass is 35.5. The van der Waals surface area contributed by atoms with Crippen molar-refractivity contribution in [3.05, 3.63) is 68.4 Å². The molecule has 1 unspecified atom stereocenters. The number of benzene rings is 1. The lowest BCUT2D eigenvalue weighted by Crippen LogP contribution is -2.35. The molecule has 1 aliphatic carbocycles. The second-order valence-corrected chi connectivity index (χ2v) is 7.75. The molecule has 25 heavy (non-hydrogen) atoms. The molecule has 2 heterocycles. The average molecular weight is 357 g/mol. The average Bonchev–Trinajstić information content (AvgIpc) is 2.53. The highest BCUT2D eigenvalue weighted by molar-refractivity contribution is 6.30. The van der Waals surface area contributed by atoms with Crippen molar-refractivity contribution in [2.24, 2.45) is 5.41 Å². The van der Waals surface area contributed by atoms with E-state index < -0.39 is 5.92 Å². The topological polar surface area (TPSA) is 72.0 Å². The molecule has 0 amide bonds. The molecule has 0 radical (unpaired) electrons. The Morgan fingerprint density at radius 3 is 2.64 bits per heavy atom. The van der Waals surface area contributed by atoms with Crippen molar-refractivity contribution in [2.45, 2.75) is 32.6 Å². The number of ether oxygens (including phenoxy) is 1. The van der Waals surface area contributed by atoms with E-state index >= 15 is 0 Å². The van der Waals surface area contributed by atoms with Gasteiger partial charge in [0.25, 0.3) is 5.56 Å². The van der Waals surface area contributed by atoms with Crippen molar-refractivity contribution >= 4 is 17.4 Å². The van der Waals surface area contributed by atoms with Gasteiger partial charge in [0, 0.05) is 23.4 Å². The quantitative estimate of drug-likeness (QED) is 0.847. The van der Waals surface area contributed by atoms with Gasteiger partial charge in [0.15, 0.2) is 5.78 Å². The Morgan fingerprint density at radius 2 is 1.92 bits per heavy atom. The zero-order chi connectivity index (χ0) is 17.8. The number of aromatic amines is 1. The Kier molecular flexibility index (Phi) is 3.58. The fraction of sp³-hybridized carbons (Fsp3) is 0.316. The van der Waals surface area contributed by atoms with Gasteiger partial charge < -0.3 is 9.72 Å². The molecule has 0 fully saturated rings. The number of hydrogen-bond acceptors (Lipinski definition) is 4. The zero-order valence-electron chi connectivity index (χ0n) is 13.9. The van der Waals surface area contributed by atoms with E-state index in [4.69, 9.17) is 16.3 Å². The molecule has 0 bridgehead atoms. The lowest BCUT2D eigenvalue weighted by atomic mass is 9.70. The molecule has 0 saturated carbocycles. The van der Waals surface area contributed by atoms with E-state index in [1.54, 1.807) is 12.1 Å². The molecule has 1 N–H and O–H groups in total. The molecule has 1 aromatic carbocycles. The van der Waals surface area contributed by atoms with Gasteiger partial charge in [-0.3, -0.25) is 9.59 Å². The number of rotatable bonds is 1. The third kappa shape index (κ3) is 2.68. The van der Waals surface area contributed by atoms with Crippen LogP contribution in [0.25, 0.3) is 0 Å². The third-order valence-electron chi connectivity index (χ3n) is 4.73. The molecule has 1 atom stereocenters. The molecule has 1 aliphatic heterocycles. The van der Waals surface area contributed by atoms with E-state index in [-0.39, 0.29) is 22.6 Å². The first-order valence-electron chi connectivity index (χ1n) is 8.13. The van der Waals surface area contributed by atoms with Crippen molar-refractivity contribution in [1.82, 2.24) is 9.97 Å². The van der Waals surface area contributed by atoms with Crippen LogP contribution in [0.2, 0.25) is 5.02 Å². The highest BCUT2D eigenvalue weighted by Gasteiger charge is 2.43. The minimum atomic E-state index is -0.489. The third-order valence-corrected chi connectivity index (χ3v) is 4.98. The number of nitrogens with zero attached hydrogens (tertiary/aromatic N) is 1. The van der Waals surface area contributed by atoms with Crippen LogP contribution in [-0.2, 0) is 4.79 Å². The molecule has 0 saturated heterocycles. The number of halogens is 1. The summed E-state index contributed by atoms with van der Waals surface area (Å²) in [6.45, 7) is 4.08. The van der Waals surface area contributed by atoms with Crippen molar-refractivity contribution in [3.8, 4) is 5.88 Å². The molecule has 1 aromatic heterocycles. The number of ketones is 1. The molecule has 4 rings (SSSR count). The Labute approximate surface area is 149 Å². The van der Waals surface area contributed by atoms with Gasteiger partial charge in [-0.1, -0.05) is 37.6 Å². The van der Waals surface area contributed by atoms with E-state index in [9.17, 15) is 9.59 Å². The summed E-state index contributed by atoms with van der Waals surface area (Å²) >= 11 is 6.00. The fourth-order valence-corrected chi connectivity index (χ4v) is 3.80. The number of nitrogens with one attached hydrogen (secondary N) is 1. The lowest BCUT2D eigenvalue weighted by molar-refractivity contribution is -0.118. The number of hydrogen-bond donors (Lipinski definition) is 1. The van der Waals surface area contributed by atoms with Crippen LogP contribution in [0.4, 0.5) is 0 Å². The molecule has 128 valence electrons. The molecule has 5 nitrogen and oxygen atoms in total. The summed E-state index contributed by atoms with van der Waals surface area (Å²) in [6, 6.07) is 7.19. The molecule has 0 spiro atoms. The smallest absolute Gasteiger partial charge is 0.258 e. The van der Waals surface area contributed by atoms with Gasteiger partial charge in [0.05, 0.1) is 17.8 Å². The molecule has 2 aliphatic rings. The molecule has 2 aromatic rings. The summed E-state index contributed by atoms with van der Waals surface area (Å²) in [7, 11) is 0. The Morgan fingerprint density at radius 1 is 1.20 bits per heavy atom. The van der Waals surface area contributed by atoms with Crippen LogP contribution >= 0.6 is 11.6 Å². The van der Waals surface area contributed by atoms with Gasteiger partial charge in [0.1, 0.15) is 5.76 Å². The SMILES string of the molecule is CC1(C)CC(=O)C2=C(C1)Oc1nc[nH]c(=O)c1C2c1ccc(Cl)cc1. The zero-order valence-corrected chi connectivity index (χ0v) is 14.7. The first-order chi connectivity index (χ1) is 11.9. The number of allylic oxidation sites excluding steroid dienone is 2. The van der Waals surface area contributed by atoms with Gasteiger partial charge in [-0.05, 0) is 23.1 Å². The first-order valence-corrected chi connectivity index (χ1v) is 8.51. The maximum atomic E-state index is 12.9. The minimum absolute atomic E-state index is 0.0140. The van der Waals surface area contributed by atoms with Crippen molar-refractivity contribution in [3.63, 3.8) is 0 Å². The van der Waals surface area contributed by atoms with E-state index in [1.165, 1.54) is 6.33 Å². The minimum Gasteiger partial charge on any atom is -0.442 e. The second-order valence-electron chi connectivity index (χ2n) is 7.31. The normalized spacial score (nSPS) is 21.4. The monoisotopic (exact) mass is 356 g/mol. The second kappa shape index (κ2) is 5.56. The van der Waals surface area contributed by atoms with E-state index in [0.717, 1.165) is 5.56 Å². The van der Waals surface area contributed by atoms with E-state index in [2.05, 4.69) is 9.97 Å².